The lowest BCUT2D eigenvalue weighted by atomic mass is 10.2. The molecule has 2 aromatic rings. The summed E-state index contributed by atoms with van der Waals surface area (Å²) in [6.07, 6.45) is -1.46. The van der Waals surface area contributed by atoms with Crippen LogP contribution in [-0.2, 0) is 6.18 Å². The SMILES string of the molecule is O=c1cc(O)n(C2CCCC2)c(=O)n1-c1cccc(C(F)(F)F)c1. The van der Waals surface area contributed by atoms with Crippen molar-refractivity contribution in [3.63, 3.8) is 0 Å². The van der Waals surface area contributed by atoms with E-state index in [0.29, 0.717) is 17.4 Å². The maximum Gasteiger partial charge on any atom is 0.416 e. The number of aromatic hydroxyl groups is 1. The molecule has 5 nitrogen and oxygen atoms in total. The van der Waals surface area contributed by atoms with Crippen molar-refractivity contribution in [2.24, 2.45) is 0 Å². The summed E-state index contributed by atoms with van der Waals surface area (Å²) in [5.74, 6) is -0.458. The van der Waals surface area contributed by atoms with Gasteiger partial charge in [-0.05, 0) is 31.0 Å². The van der Waals surface area contributed by atoms with E-state index >= 15 is 0 Å². The standard InChI is InChI=1S/C16H15F3N2O3/c17-16(18,19)10-4-3-7-12(8-10)21-14(23)9-13(22)20(15(21)24)11-5-1-2-6-11/h3-4,7-9,11,22H,1-2,5-6H2. The molecule has 0 aliphatic heterocycles. The van der Waals surface area contributed by atoms with Crippen molar-refractivity contribution in [2.75, 3.05) is 0 Å². The van der Waals surface area contributed by atoms with Crippen molar-refractivity contribution in [3.8, 4) is 11.6 Å². The molecule has 1 saturated carbocycles. The third-order valence-corrected chi connectivity index (χ3v) is 4.24. The molecule has 0 spiro atoms. The van der Waals surface area contributed by atoms with Crippen LogP contribution in [0.4, 0.5) is 13.2 Å². The van der Waals surface area contributed by atoms with Crippen molar-refractivity contribution in [1.82, 2.24) is 9.13 Å². The van der Waals surface area contributed by atoms with Crippen LogP contribution < -0.4 is 11.2 Å². The second kappa shape index (κ2) is 5.85. The molecule has 0 radical (unpaired) electrons. The summed E-state index contributed by atoms with van der Waals surface area (Å²) in [6, 6.07) is 4.61. The first-order chi connectivity index (χ1) is 11.3. The minimum Gasteiger partial charge on any atom is -0.494 e. The topological polar surface area (TPSA) is 64.2 Å². The third-order valence-electron chi connectivity index (χ3n) is 4.24. The Morgan fingerprint density at radius 1 is 1.08 bits per heavy atom. The number of benzene rings is 1. The molecule has 0 amide bonds. The molecule has 0 saturated heterocycles. The number of halogens is 3. The van der Waals surface area contributed by atoms with Gasteiger partial charge in [0.2, 0.25) is 5.88 Å². The van der Waals surface area contributed by atoms with Crippen LogP contribution >= 0.6 is 0 Å². The van der Waals surface area contributed by atoms with Crippen molar-refractivity contribution in [3.05, 3.63) is 56.7 Å². The highest BCUT2D eigenvalue weighted by molar-refractivity contribution is 5.37. The predicted octanol–water partition coefficient (Wildman–Crippen LogP) is 2.84. The molecule has 0 bridgehead atoms. The Kier molecular flexibility index (Phi) is 3.98. The Hall–Kier alpha value is -2.51. The van der Waals surface area contributed by atoms with Gasteiger partial charge in [-0.25, -0.2) is 9.36 Å². The average Bonchev–Trinajstić information content (AvgIpc) is 3.00. The fourth-order valence-corrected chi connectivity index (χ4v) is 3.11. The highest BCUT2D eigenvalue weighted by atomic mass is 19.4. The molecule has 1 N–H and O–H groups in total. The quantitative estimate of drug-likeness (QED) is 0.914. The lowest BCUT2D eigenvalue weighted by Crippen LogP contribution is -2.39. The zero-order valence-electron chi connectivity index (χ0n) is 12.6. The number of aromatic nitrogens is 2. The molecular weight excluding hydrogens is 325 g/mol. The van der Waals surface area contributed by atoms with Gasteiger partial charge in [-0.3, -0.25) is 9.36 Å². The van der Waals surface area contributed by atoms with Gasteiger partial charge in [-0.15, -0.1) is 0 Å². The van der Waals surface area contributed by atoms with Gasteiger partial charge in [0.05, 0.1) is 17.3 Å². The average molecular weight is 340 g/mol. The molecule has 0 atom stereocenters. The molecule has 3 rings (SSSR count). The number of nitrogens with zero attached hydrogens (tertiary/aromatic N) is 2. The van der Waals surface area contributed by atoms with E-state index in [1.807, 2.05) is 0 Å². The fourth-order valence-electron chi connectivity index (χ4n) is 3.11. The Morgan fingerprint density at radius 3 is 2.38 bits per heavy atom. The first-order valence-electron chi connectivity index (χ1n) is 7.54. The first-order valence-corrected chi connectivity index (χ1v) is 7.54. The van der Waals surface area contributed by atoms with E-state index in [9.17, 15) is 27.9 Å². The molecule has 8 heteroatoms. The van der Waals surface area contributed by atoms with Crippen molar-refractivity contribution in [2.45, 2.75) is 37.9 Å². The van der Waals surface area contributed by atoms with Crippen LogP contribution in [-0.4, -0.2) is 14.2 Å². The largest absolute Gasteiger partial charge is 0.494 e. The van der Waals surface area contributed by atoms with Crippen LogP contribution in [0.2, 0.25) is 0 Å². The van der Waals surface area contributed by atoms with E-state index in [0.717, 1.165) is 41.7 Å². The molecule has 1 aliphatic carbocycles. The zero-order chi connectivity index (χ0) is 17.5. The van der Waals surface area contributed by atoms with Gasteiger partial charge in [0, 0.05) is 6.04 Å². The highest BCUT2D eigenvalue weighted by Crippen LogP contribution is 2.31. The van der Waals surface area contributed by atoms with E-state index in [4.69, 9.17) is 0 Å². The van der Waals surface area contributed by atoms with Crippen LogP contribution in [0, 0.1) is 0 Å². The second-order valence-corrected chi connectivity index (χ2v) is 5.82. The molecule has 128 valence electrons. The van der Waals surface area contributed by atoms with E-state index in [1.54, 1.807) is 0 Å². The minimum atomic E-state index is -4.58. The number of rotatable bonds is 2. The Morgan fingerprint density at radius 2 is 1.75 bits per heavy atom. The molecule has 1 aliphatic rings. The molecule has 1 heterocycles. The van der Waals surface area contributed by atoms with Crippen molar-refractivity contribution >= 4 is 0 Å². The molecule has 24 heavy (non-hydrogen) atoms. The van der Waals surface area contributed by atoms with Crippen LogP contribution in [0.3, 0.4) is 0 Å². The van der Waals surface area contributed by atoms with Gasteiger partial charge in [0.15, 0.2) is 0 Å². The Bertz CT molecular complexity index is 877. The molecule has 1 aromatic carbocycles. The van der Waals surface area contributed by atoms with Crippen LogP contribution in [0.1, 0.15) is 37.3 Å². The van der Waals surface area contributed by atoms with E-state index in [1.165, 1.54) is 6.07 Å². The van der Waals surface area contributed by atoms with Gasteiger partial charge < -0.3 is 5.11 Å². The first kappa shape index (κ1) is 16.4. The number of hydrogen-bond donors (Lipinski definition) is 1. The molecule has 0 unspecified atom stereocenters. The minimum absolute atomic E-state index is 0.174. The summed E-state index contributed by atoms with van der Waals surface area (Å²) in [5.41, 5.74) is -2.82. The molecule has 1 fully saturated rings. The van der Waals surface area contributed by atoms with Gasteiger partial charge in [-0.2, -0.15) is 13.2 Å². The summed E-state index contributed by atoms with van der Waals surface area (Å²) in [6.45, 7) is 0. The Labute approximate surface area is 134 Å². The van der Waals surface area contributed by atoms with Crippen LogP contribution in [0.5, 0.6) is 5.88 Å². The summed E-state index contributed by atoms with van der Waals surface area (Å²) in [5, 5.41) is 9.96. The fraction of sp³-hybridized carbons (Fsp3) is 0.375. The monoisotopic (exact) mass is 340 g/mol. The summed E-state index contributed by atoms with van der Waals surface area (Å²) >= 11 is 0. The number of alkyl halides is 3. The van der Waals surface area contributed by atoms with Gasteiger partial charge in [0.1, 0.15) is 0 Å². The van der Waals surface area contributed by atoms with Crippen LogP contribution in [0.25, 0.3) is 5.69 Å². The Balaban J connectivity index is 2.20. The molecule has 1 aromatic heterocycles. The van der Waals surface area contributed by atoms with Gasteiger partial charge in [0.25, 0.3) is 5.56 Å². The number of hydrogen-bond acceptors (Lipinski definition) is 3. The predicted molar refractivity (Wildman–Crippen MR) is 80.5 cm³/mol. The summed E-state index contributed by atoms with van der Waals surface area (Å²) in [7, 11) is 0. The van der Waals surface area contributed by atoms with E-state index in [2.05, 4.69) is 0 Å². The normalized spacial score (nSPS) is 15.8. The van der Waals surface area contributed by atoms with Crippen molar-refractivity contribution < 1.29 is 18.3 Å². The smallest absolute Gasteiger partial charge is 0.416 e. The lowest BCUT2D eigenvalue weighted by molar-refractivity contribution is -0.137. The van der Waals surface area contributed by atoms with Gasteiger partial charge >= 0.3 is 11.9 Å². The maximum absolute atomic E-state index is 12.9. The van der Waals surface area contributed by atoms with Crippen molar-refractivity contribution in [1.29, 1.82) is 0 Å². The van der Waals surface area contributed by atoms with Gasteiger partial charge in [-0.1, -0.05) is 18.9 Å². The maximum atomic E-state index is 12.9. The lowest BCUT2D eigenvalue weighted by Gasteiger charge is -2.17. The molecular formula is C16H15F3N2O3. The van der Waals surface area contributed by atoms with E-state index in [-0.39, 0.29) is 11.7 Å². The third kappa shape index (κ3) is 2.83. The second-order valence-electron chi connectivity index (χ2n) is 5.82. The van der Waals surface area contributed by atoms with E-state index < -0.39 is 28.9 Å². The van der Waals surface area contributed by atoms with Crippen LogP contribution in [0.15, 0.2) is 39.9 Å². The highest BCUT2D eigenvalue weighted by Gasteiger charge is 2.31. The summed E-state index contributed by atoms with van der Waals surface area (Å²) < 4.78 is 40.3. The zero-order valence-corrected chi connectivity index (χ0v) is 12.6. The summed E-state index contributed by atoms with van der Waals surface area (Å²) in [4.78, 5) is 24.7.